The zero-order valence-electron chi connectivity index (χ0n) is 17.0. The van der Waals surface area contributed by atoms with Crippen molar-refractivity contribution >= 4 is 17.6 Å². The summed E-state index contributed by atoms with van der Waals surface area (Å²) < 4.78 is 0. The Kier molecular flexibility index (Phi) is 5.83. The lowest BCUT2D eigenvalue weighted by Gasteiger charge is -2.41. The third-order valence-corrected chi connectivity index (χ3v) is 6.59. The van der Waals surface area contributed by atoms with Crippen molar-refractivity contribution in [3.8, 4) is 0 Å². The second kappa shape index (κ2) is 8.50. The summed E-state index contributed by atoms with van der Waals surface area (Å²) in [6, 6.07) is 4.18. The Balaban J connectivity index is 1.39. The number of rotatable bonds is 3. The maximum Gasteiger partial charge on any atom is 0.255 e. The summed E-state index contributed by atoms with van der Waals surface area (Å²) in [6.07, 6.45) is 8.88. The number of aromatic nitrogens is 1. The van der Waals surface area contributed by atoms with Crippen molar-refractivity contribution in [3.05, 3.63) is 23.9 Å². The van der Waals surface area contributed by atoms with Crippen LogP contribution in [0.15, 0.2) is 18.3 Å². The fourth-order valence-corrected chi connectivity index (χ4v) is 4.72. The van der Waals surface area contributed by atoms with E-state index in [0.29, 0.717) is 29.9 Å². The molecule has 4 rings (SSSR count). The monoisotopic (exact) mass is 384 g/mol. The Bertz CT molecular complexity index is 697. The first kappa shape index (κ1) is 19.2. The molecule has 6 nitrogen and oxygen atoms in total. The molecule has 3 aliphatic rings. The Morgan fingerprint density at radius 2 is 1.86 bits per heavy atom. The first-order valence-electron chi connectivity index (χ1n) is 10.9. The lowest BCUT2D eigenvalue weighted by Crippen LogP contribution is -2.52. The van der Waals surface area contributed by atoms with Crippen LogP contribution in [0.25, 0.3) is 0 Å². The standard InChI is InChI=1S/C22H32N4O2/c1-17-9-13-24(14-10-17)22(28)18-7-8-20(23-15-18)25-11-4-5-19(16-25)26-12-3-2-6-21(26)27/h7-8,15,17,19H,2-6,9-14,16H2,1H3. The Hall–Kier alpha value is -2.11. The second-order valence-corrected chi connectivity index (χ2v) is 8.67. The first-order chi connectivity index (χ1) is 13.6. The molecule has 0 bridgehead atoms. The van der Waals surface area contributed by atoms with Gasteiger partial charge in [-0.2, -0.15) is 0 Å². The molecule has 0 aromatic carbocycles. The van der Waals surface area contributed by atoms with Gasteiger partial charge in [0.05, 0.1) is 5.56 Å². The quantitative estimate of drug-likeness (QED) is 0.804. The highest BCUT2D eigenvalue weighted by molar-refractivity contribution is 5.94. The molecule has 0 radical (unpaired) electrons. The summed E-state index contributed by atoms with van der Waals surface area (Å²) in [6.45, 7) is 6.64. The van der Waals surface area contributed by atoms with Crippen LogP contribution in [0.1, 0.15) is 62.2 Å². The zero-order valence-corrected chi connectivity index (χ0v) is 17.0. The lowest BCUT2D eigenvalue weighted by molar-refractivity contribution is -0.135. The maximum atomic E-state index is 12.7. The zero-order chi connectivity index (χ0) is 19.5. The predicted molar refractivity (Wildman–Crippen MR) is 109 cm³/mol. The van der Waals surface area contributed by atoms with Crippen LogP contribution in [-0.2, 0) is 4.79 Å². The van der Waals surface area contributed by atoms with E-state index in [9.17, 15) is 9.59 Å². The van der Waals surface area contributed by atoms with Crippen LogP contribution in [0, 0.1) is 5.92 Å². The molecule has 2 amide bonds. The SMILES string of the molecule is CC1CCN(C(=O)c2ccc(N3CCCC(N4CCCCC4=O)C3)nc2)CC1. The largest absolute Gasteiger partial charge is 0.355 e. The van der Waals surface area contributed by atoms with Crippen LogP contribution in [0.3, 0.4) is 0 Å². The van der Waals surface area contributed by atoms with E-state index < -0.39 is 0 Å². The number of likely N-dealkylation sites (tertiary alicyclic amines) is 2. The number of amides is 2. The molecule has 1 aromatic heterocycles. The van der Waals surface area contributed by atoms with Crippen molar-refractivity contribution in [1.29, 1.82) is 0 Å². The van der Waals surface area contributed by atoms with E-state index >= 15 is 0 Å². The normalized spacial score (nSPS) is 24.5. The van der Waals surface area contributed by atoms with Crippen LogP contribution < -0.4 is 4.90 Å². The molecular formula is C22H32N4O2. The summed E-state index contributed by atoms with van der Waals surface area (Å²) in [7, 11) is 0. The van der Waals surface area contributed by atoms with E-state index in [2.05, 4.69) is 21.7 Å². The molecule has 3 saturated heterocycles. The first-order valence-corrected chi connectivity index (χ1v) is 10.9. The molecule has 1 atom stereocenters. The molecule has 0 N–H and O–H groups in total. The number of hydrogen-bond donors (Lipinski definition) is 0. The van der Waals surface area contributed by atoms with Crippen molar-refractivity contribution in [2.24, 2.45) is 5.92 Å². The van der Waals surface area contributed by atoms with Gasteiger partial charge in [0.1, 0.15) is 5.82 Å². The summed E-state index contributed by atoms with van der Waals surface area (Å²) in [5.41, 5.74) is 0.679. The van der Waals surface area contributed by atoms with Crippen molar-refractivity contribution in [2.45, 2.75) is 57.9 Å². The van der Waals surface area contributed by atoms with E-state index in [1.165, 1.54) is 0 Å². The molecule has 152 valence electrons. The molecule has 0 aliphatic carbocycles. The van der Waals surface area contributed by atoms with Gasteiger partial charge in [0.15, 0.2) is 0 Å². The third kappa shape index (κ3) is 4.15. The molecule has 0 saturated carbocycles. The van der Waals surface area contributed by atoms with Gasteiger partial charge in [0, 0.05) is 51.4 Å². The Labute approximate surface area is 167 Å². The van der Waals surface area contributed by atoms with Crippen molar-refractivity contribution in [1.82, 2.24) is 14.8 Å². The number of carbonyl (C=O) groups excluding carboxylic acids is 2. The van der Waals surface area contributed by atoms with Crippen molar-refractivity contribution in [3.63, 3.8) is 0 Å². The van der Waals surface area contributed by atoms with E-state index in [0.717, 1.165) is 77.1 Å². The molecule has 1 aromatic rings. The van der Waals surface area contributed by atoms with E-state index in [4.69, 9.17) is 0 Å². The molecule has 0 spiro atoms. The van der Waals surface area contributed by atoms with Crippen LogP contribution in [-0.4, -0.2) is 65.4 Å². The number of pyridine rings is 1. The highest BCUT2D eigenvalue weighted by atomic mass is 16.2. The molecule has 1 unspecified atom stereocenters. The minimum Gasteiger partial charge on any atom is -0.355 e. The maximum absolute atomic E-state index is 12.7. The second-order valence-electron chi connectivity index (χ2n) is 8.67. The molecule has 3 aliphatic heterocycles. The van der Waals surface area contributed by atoms with E-state index in [1.807, 2.05) is 17.0 Å². The van der Waals surface area contributed by atoms with Gasteiger partial charge >= 0.3 is 0 Å². The topological polar surface area (TPSA) is 56.8 Å². The fraction of sp³-hybridized carbons (Fsp3) is 0.682. The van der Waals surface area contributed by atoms with Gasteiger partial charge in [0.2, 0.25) is 5.91 Å². The summed E-state index contributed by atoms with van der Waals surface area (Å²) in [5.74, 6) is 2.03. The molecule has 3 fully saturated rings. The lowest BCUT2D eigenvalue weighted by atomic mass is 9.99. The van der Waals surface area contributed by atoms with Crippen LogP contribution >= 0.6 is 0 Å². The van der Waals surface area contributed by atoms with Crippen LogP contribution in [0.2, 0.25) is 0 Å². The van der Waals surface area contributed by atoms with Gasteiger partial charge in [-0.1, -0.05) is 6.92 Å². The number of nitrogens with zero attached hydrogens (tertiary/aromatic N) is 4. The van der Waals surface area contributed by atoms with Gasteiger partial charge in [-0.3, -0.25) is 9.59 Å². The summed E-state index contributed by atoms with van der Waals surface area (Å²) >= 11 is 0. The minimum atomic E-state index is 0.0985. The predicted octanol–water partition coefficient (Wildman–Crippen LogP) is 2.94. The molecular weight excluding hydrogens is 352 g/mol. The smallest absolute Gasteiger partial charge is 0.255 e. The van der Waals surface area contributed by atoms with Gasteiger partial charge in [-0.15, -0.1) is 0 Å². The highest BCUT2D eigenvalue weighted by Crippen LogP contribution is 2.25. The fourth-order valence-electron chi connectivity index (χ4n) is 4.72. The number of piperidine rings is 3. The average molecular weight is 385 g/mol. The Morgan fingerprint density at radius 3 is 2.57 bits per heavy atom. The number of anilines is 1. The number of carbonyl (C=O) groups is 2. The van der Waals surface area contributed by atoms with Gasteiger partial charge in [-0.05, 0) is 56.6 Å². The van der Waals surface area contributed by atoms with Crippen LogP contribution in [0.4, 0.5) is 5.82 Å². The van der Waals surface area contributed by atoms with E-state index in [-0.39, 0.29) is 5.91 Å². The molecule has 6 heteroatoms. The van der Waals surface area contributed by atoms with Crippen molar-refractivity contribution in [2.75, 3.05) is 37.6 Å². The van der Waals surface area contributed by atoms with Gasteiger partial charge in [0.25, 0.3) is 5.91 Å². The van der Waals surface area contributed by atoms with Crippen molar-refractivity contribution < 1.29 is 9.59 Å². The van der Waals surface area contributed by atoms with Gasteiger partial charge < -0.3 is 14.7 Å². The summed E-state index contributed by atoms with van der Waals surface area (Å²) in [5, 5.41) is 0. The molecule has 4 heterocycles. The van der Waals surface area contributed by atoms with Crippen LogP contribution in [0.5, 0.6) is 0 Å². The Morgan fingerprint density at radius 1 is 1.04 bits per heavy atom. The summed E-state index contributed by atoms with van der Waals surface area (Å²) in [4.78, 5) is 35.9. The number of hydrogen-bond acceptors (Lipinski definition) is 4. The highest BCUT2D eigenvalue weighted by Gasteiger charge is 2.30. The average Bonchev–Trinajstić information content (AvgIpc) is 2.74. The van der Waals surface area contributed by atoms with Gasteiger partial charge in [-0.25, -0.2) is 4.98 Å². The third-order valence-electron chi connectivity index (χ3n) is 6.59. The minimum absolute atomic E-state index is 0.0985. The molecule has 28 heavy (non-hydrogen) atoms. The van der Waals surface area contributed by atoms with E-state index in [1.54, 1.807) is 6.20 Å².